The second-order valence-corrected chi connectivity index (χ2v) is 7.66. The number of aromatic nitrogens is 2. The van der Waals surface area contributed by atoms with Gasteiger partial charge in [-0.1, -0.05) is 0 Å². The van der Waals surface area contributed by atoms with Crippen molar-refractivity contribution in [3.63, 3.8) is 0 Å². The number of nitrogens with zero attached hydrogens (tertiary/aromatic N) is 3. The van der Waals surface area contributed by atoms with Gasteiger partial charge in [-0.05, 0) is 45.0 Å². The number of benzene rings is 1. The summed E-state index contributed by atoms with van der Waals surface area (Å²) in [5, 5.41) is 9.10. The summed E-state index contributed by atoms with van der Waals surface area (Å²) in [4.78, 5) is 28.2. The maximum atomic E-state index is 12.2. The lowest BCUT2D eigenvalue weighted by molar-refractivity contribution is 0.0240. The second kappa shape index (κ2) is 7.79. The molecule has 0 saturated carbocycles. The van der Waals surface area contributed by atoms with E-state index in [1.165, 1.54) is 6.20 Å². The number of rotatable bonds is 3. The Labute approximate surface area is 163 Å². The van der Waals surface area contributed by atoms with Crippen molar-refractivity contribution in [3.05, 3.63) is 36.2 Å². The van der Waals surface area contributed by atoms with Crippen LogP contribution < -0.4 is 16.0 Å². The molecule has 2 heterocycles. The van der Waals surface area contributed by atoms with Crippen LogP contribution in [0.15, 0.2) is 30.5 Å². The number of nitrogens with two attached hydrogens (primary N) is 1. The van der Waals surface area contributed by atoms with Crippen LogP contribution in [0.4, 0.5) is 21.9 Å². The summed E-state index contributed by atoms with van der Waals surface area (Å²) in [6, 6.07) is 7.55. The third-order valence-corrected chi connectivity index (χ3v) is 4.32. The van der Waals surface area contributed by atoms with E-state index in [2.05, 4.69) is 20.4 Å². The summed E-state index contributed by atoms with van der Waals surface area (Å²) in [5.41, 5.74) is 7.43. The number of nitrogens with one attached hydrogen (secondary N) is 2. The van der Waals surface area contributed by atoms with Crippen LogP contribution in [0.3, 0.4) is 0 Å². The van der Waals surface area contributed by atoms with E-state index in [0.29, 0.717) is 24.5 Å². The number of anilines is 3. The molecule has 4 N–H and O–H groups in total. The number of aromatic amines is 1. The largest absolute Gasteiger partial charge is 0.444 e. The first kappa shape index (κ1) is 19.5. The maximum absolute atomic E-state index is 12.2. The first-order valence-corrected chi connectivity index (χ1v) is 9.16. The van der Waals surface area contributed by atoms with E-state index >= 15 is 0 Å². The van der Waals surface area contributed by atoms with Gasteiger partial charge in [0.15, 0.2) is 0 Å². The van der Waals surface area contributed by atoms with Crippen molar-refractivity contribution in [1.82, 2.24) is 15.1 Å². The fourth-order valence-corrected chi connectivity index (χ4v) is 2.90. The fourth-order valence-electron chi connectivity index (χ4n) is 2.90. The molecule has 0 aliphatic carbocycles. The smallest absolute Gasteiger partial charge is 0.410 e. The van der Waals surface area contributed by atoms with Gasteiger partial charge in [-0.2, -0.15) is 5.10 Å². The molecule has 3 rings (SSSR count). The third kappa shape index (κ3) is 4.73. The Morgan fingerprint density at radius 1 is 1.14 bits per heavy atom. The minimum absolute atomic E-state index is 0.238. The monoisotopic (exact) mass is 386 g/mol. The zero-order valence-electron chi connectivity index (χ0n) is 16.4. The number of piperazine rings is 1. The van der Waals surface area contributed by atoms with E-state index < -0.39 is 5.60 Å². The van der Waals surface area contributed by atoms with Crippen LogP contribution in [0.1, 0.15) is 31.3 Å². The number of hydrogen-bond acceptors (Lipinski definition) is 6. The Morgan fingerprint density at radius 3 is 2.32 bits per heavy atom. The number of amides is 2. The predicted octanol–water partition coefficient (Wildman–Crippen LogP) is 2.30. The van der Waals surface area contributed by atoms with Gasteiger partial charge < -0.3 is 25.6 Å². The lowest BCUT2D eigenvalue weighted by Gasteiger charge is -2.36. The van der Waals surface area contributed by atoms with Crippen molar-refractivity contribution < 1.29 is 14.3 Å². The molecule has 0 unspecified atom stereocenters. The highest BCUT2D eigenvalue weighted by atomic mass is 16.6. The molecule has 28 heavy (non-hydrogen) atoms. The van der Waals surface area contributed by atoms with Gasteiger partial charge in [0.05, 0.1) is 11.9 Å². The Hall–Kier alpha value is -3.23. The highest BCUT2D eigenvalue weighted by Crippen LogP contribution is 2.21. The Balaban J connectivity index is 1.54. The minimum Gasteiger partial charge on any atom is -0.444 e. The molecule has 0 atom stereocenters. The maximum Gasteiger partial charge on any atom is 0.410 e. The molecule has 2 aromatic rings. The van der Waals surface area contributed by atoms with Crippen molar-refractivity contribution in [2.75, 3.05) is 42.1 Å². The van der Waals surface area contributed by atoms with Crippen LogP contribution in [0.25, 0.3) is 0 Å². The summed E-state index contributed by atoms with van der Waals surface area (Å²) in [6.07, 6.45) is 1.12. The Bertz CT molecular complexity index is 832. The van der Waals surface area contributed by atoms with Gasteiger partial charge in [-0.3, -0.25) is 9.89 Å². The van der Waals surface area contributed by atoms with Gasteiger partial charge >= 0.3 is 6.09 Å². The van der Waals surface area contributed by atoms with Crippen LogP contribution in [-0.4, -0.2) is 58.9 Å². The average molecular weight is 386 g/mol. The summed E-state index contributed by atoms with van der Waals surface area (Å²) in [7, 11) is 0. The molecule has 0 spiro atoms. The predicted molar refractivity (Wildman–Crippen MR) is 107 cm³/mol. The molecule has 1 saturated heterocycles. The Kier molecular flexibility index (Phi) is 5.43. The van der Waals surface area contributed by atoms with Crippen LogP contribution in [0, 0.1) is 0 Å². The van der Waals surface area contributed by atoms with E-state index in [0.717, 1.165) is 18.8 Å². The third-order valence-electron chi connectivity index (χ3n) is 4.32. The lowest BCUT2D eigenvalue weighted by Crippen LogP contribution is -2.50. The molecular formula is C19H26N6O3. The first-order valence-electron chi connectivity index (χ1n) is 9.16. The number of H-pyrrole nitrogens is 1. The summed E-state index contributed by atoms with van der Waals surface area (Å²) < 4.78 is 5.42. The standard InChI is InChI=1S/C19H26N6O3/c1-19(2,3)28-18(27)25-10-8-24(9-11-25)14-6-4-13(5-7-14)22-17(26)16-15(20)12-21-23-16/h4-7,12H,8-11,20H2,1-3H3,(H,21,23)(H,22,26). The molecule has 1 aromatic carbocycles. The molecule has 1 aliphatic heterocycles. The van der Waals surface area contributed by atoms with E-state index in [4.69, 9.17) is 10.5 Å². The van der Waals surface area contributed by atoms with Crippen molar-refractivity contribution >= 4 is 29.1 Å². The van der Waals surface area contributed by atoms with Crippen LogP contribution in [-0.2, 0) is 4.74 Å². The molecule has 2 amide bonds. The van der Waals surface area contributed by atoms with E-state index in [1.54, 1.807) is 4.90 Å². The molecule has 150 valence electrons. The van der Waals surface area contributed by atoms with Gasteiger partial charge in [0.1, 0.15) is 11.3 Å². The van der Waals surface area contributed by atoms with E-state index in [9.17, 15) is 9.59 Å². The molecule has 9 nitrogen and oxygen atoms in total. The highest BCUT2D eigenvalue weighted by Gasteiger charge is 2.26. The van der Waals surface area contributed by atoms with Crippen LogP contribution >= 0.6 is 0 Å². The van der Waals surface area contributed by atoms with E-state index in [-0.39, 0.29) is 17.7 Å². The van der Waals surface area contributed by atoms with Crippen molar-refractivity contribution in [3.8, 4) is 0 Å². The van der Waals surface area contributed by atoms with Gasteiger partial charge in [-0.15, -0.1) is 0 Å². The summed E-state index contributed by atoms with van der Waals surface area (Å²) in [5.74, 6) is -0.339. The molecule has 0 bridgehead atoms. The van der Waals surface area contributed by atoms with Gasteiger partial charge in [0.25, 0.3) is 5.91 Å². The summed E-state index contributed by atoms with van der Waals surface area (Å²) >= 11 is 0. The number of ether oxygens (including phenoxy) is 1. The normalized spacial score (nSPS) is 14.7. The zero-order chi connectivity index (χ0) is 20.3. The Morgan fingerprint density at radius 2 is 1.79 bits per heavy atom. The summed E-state index contributed by atoms with van der Waals surface area (Å²) in [6.45, 7) is 8.23. The molecule has 9 heteroatoms. The van der Waals surface area contributed by atoms with Crippen LogP contribution in [0.2, 0.25) is 0 Å². The van der Waals surface area contributed by atoms with Crippen molar-refractivity contribution in [2.45, 2.75) is 26.4 Å². The van der Waals surface area contributed by atoms with Gasteiger partial charge in [0, 0.05) is 37.6 Å². The van der Waals surface area contributed by atoms with Crippen molar-refractivity contribution in [2.24, 2.45) is 0 Å². The average Bonchev–Trinajstić information content (AvgIpc) is 3.07. The quantitative estimate of drug-likeness (QED) is 0.745. The van der Waals surface area contributed by atoms with E-state index in [1.807, 2.05) is 45.0 Å². The molecule has 0 radical (unpaired) electrons. The van der Waals surface area contributed by atoms with Gasteiger partial charge in [-0.25, -0.2) is 4.79 Å². The first-order chi connectivity index (χ1) is 13.2. The topological polar surface area (TPSA) is 117 Å². The van der Waals surface area contributed by atoms with Crippen molar-refractivity contribution in [1.29, 1.82) is 0 Å². The molecule has 1 aromatic heterocycles. The van der Waals surface area contributed by atoms with Gasteiger partial charge in [0.2, 0.25) is 0 Å². The number of hydrogen-bond donors (Lipinski definition) is 3. The second-order valence-electron chi connectivity index (χ2n) is 7.66. The fraction of sp³-hybridized carbons (Fsp3) is 0.421. The molecule has 1 fully saturated rings. The SMILES string of the molecule is CC(C)(C)OC(=O)N1CCN(c2ccc(NC(=O)c3[nH]ncc3N)cc2)CC1. The number of carbonyl (C=O) groups excluding carboxylic acids is 2. The number of nitrogen functional groups attached to an aromatic ring is 1. The lowest BCUT2D eigenvalue weighted by atomic mass is 10.2. The van der Waals surface area contributed by atoms with Crippen LogP contribution in [0.5, 0.6) is 0 Å². The minimum atomic E-state index is -0.491. The molecular weight excluding hydrogens is 360 g/mol. The number of carbonyl (C=O) groups is 2. The molecule has 1 aliphatic rings. The highest BCUT2D eigenvalue weighted by molar-refractivity contribution is 6.06. The zero-order valence-corrected chi connectivity index (χ0v) is 16.4.